The minimum Gasteiger partial charge on any atom is -0.479 e. The normalized spacial score (nSPS) is 12.3. The highest BCUT2D eigenvalue weighted by molar-refractivity contribution is 7.99. The molecule has 2 aromatic carbocycles. The molecular formula is C19H22O3S. The lowest BCUT2D eigenvalue weighted by molar-refractivity contribution is -0.151. The zero-order chi connectivity index (χ0) is 16.7. The fourth-order valence-electron chi connectivity index (χ4n) is 2.11. The Kier molecular flexibility index (Phi) is 6.68. The summed E-state index contributed by atoms with van der Waals surface area (Å²) in [5, 5.41) is 9.40. The Bertz CT molecular complexity index is 626. The smallest absolute Gasteiger partial charge is 0.333 e. The van der Waals surface area contributed by atoms with E-state index in [1.807, 2.05) is 68.4 Å². The zero-order valence-electron chi connectivity index (χ0n) is 13.4. The van der Waals surface area contributed by atoms with E-state index in [4.69, 9.17) is 4.74 Å². The molecule has 0 bridgehead atoms. The number of carbonyl (C=O) groups is 1. The van der Waals surface area contributed by atoms with Crippen LogP contribution in [-0.2, 0) is 16.0 Å². The number of ether oxygens (including phenoxy) is 1. The van der Waals surface area contributed by atoms with E-state index in [1.54, 1.807) is 11.8 Å². The van der Waals surface area contributed by atoms with Crippen molar-refractivity contribution in [2.45, 2.75) is 36.2 Å². The van der Waals surface area contributed by atoms with Crippen molar-refractivity contribution >= 4 is 17.7 Å². The first-order valence-electron chi connectivity index (χ1n) is 7.71. The van der Waals surface area contributed by atoms with Crippen molar-refractivity contribution in [2.75, 3.05) is 6.61 Å². The van der Waals surface area contributed by atoms with E-state index in [1.165, 1.54) is 0 Å². The second-order valence-electron chi connectivity index (χ2n) is 5.78. The molecule has 0 aliphatic heterocycles. The fourth-order valence-corrected chi connectivity index (χ4v) is 3.09. The van der Waals surface area contributed by atoms with E-state index in [0.717, 1.165) is 15.4 Å². The summed E-state index contributed by atoms with van der Waals surface area (Å²) in [5.41, 5.74) is 0.998. The lowest BCUT2D eigenvalue weighted by atomic mass is 10.1. The summed E-state index contributed by atoms with van der Waals surface area (Å²) in [5.74, 6) is -0.601. The van der Waals surface area contributed by atoms with Crippen molar-refractivity contribution in [1.29, 1.82) is 0 Å². The Labute approximate surface area is 141 Å². The van der Waals surface area contributed by atoms with Crippen LogP contribution in [-0.4, -0.2) is 23.8 Å². The lowest BCUT2D eigenvalue weighted by Crippen LogP contribution is -2.28. The third-order valence-electron chi connectivity index (χ3n) is 3.26. The van der Waals surface area contributed by atoms with Gasteiger partial charge in [0.15, 0.2) is 6.10 Å². The molecule has 1 N–H and O–H groups in total. The molecule has 2 rings (SSSR count). The molecule has 23 heavy (non-hydrogen) atoms. The summed E-state index contributed by atoms with van der Waals surface area (Å²) in [7, 11) is 0. The summed E-state index contributed by atoms with van der Waals surface area (Å²) < 4.78 is 5.57. The second-order valence-corrected chi connectivity index (χ2v) is 6.90. The first-order valence-corrected chi connectivity index (χ1v) is 8.53. The Hall–Kier alpha value is -1.78. The number of benzene rings is 2. The molecule has 0 radical (unpaired) electrons. The molecule has 0 aliphatic carbocycles. The zero-order valence-corrected chi connectivity index (χ0v) is 14.3. The SMILES string of the molecule is CC(C)COC(Cc1ccccc1Sc1ccccc1)C(=O)O. The standard InChI is InChI=1S/C19H22O3S/c1-14(2)13-22-17(19(20)21)12-15-8-6-7-11-18(15)23-16-9-4-3-5-10-16/h3-11,14,17H,12-13H2,1-2H3,(H,20,21). The number of hydrogen-bond acceptors (Lipinski definition) is 3. The van der Waals surface area contributed by atoms with E-state index in [2.05, 4.69) is 0 Å². The highest BCUT2D eigenvalue weighted by atomic mass is 32.2. The molecule has 0 amide bonds. The van der Waals surface area contributed by atoms with Gasteiger partial charge in [0.25, 0.3) is 0 Å². The molecule has 0 fully saturated rings. The molecule has 0 aromatic heterocycles. The Morgan fingerprint density at radius 3 is 2.39 bits per heavy atom. The van der Waals surface area contributed by atoms with Crippen molar-refractivity contribution in [2.24, 2.45) is 5.92 Å². The summed E-state index contributed by atoms with van der Waals surface area (Å²) in [6, 6.07) is 18.0. The highest BCUT2D eigenvalue weighted by Crippen LogP contribution is 2.31. The highest BCUT2D eigenvalue weighted by Gasteiger charge is 2.20. The van der Waals surface area contributed by atoms with Gasteiger partial charge in [0.2, 0.25) is 0 Å². The van der Waals surface area contributed by atoms with Gasteiger partial charge < -0.3 is 9.84 Å². The number of carboxylic acids is 1. The Morgan fingerprint density at radius 1 is 1.09 bits per heavy atom. The van der Waals surface area contributed by atoms with Crippen LogP contribution in [0.25, 0.3) is 0 Å². The molecular weight excluding hydrogens is 308 g/mol. The van der Waals surface area contributed by atoms with Crippen LogP contribution in [0.15, 0.2) is 64.4 Å². The molecule has 3 nitrogen and oxygen atoms in total. The predicted octanol–water partition coefficient (Wildman–Crippen LogP) is 4.51. The third-order valence-corrected chi connectivity index (χ3v) is 4.38. The van der Waals surface area contributed by atoms with Crippen molar-refractivity contribution in [1.82, 2.24) is 0 Å². The molecule has 0 saturated carbocycles. The number of rotatable bonds is 8. The van der Waals surface area contributed by atoms with E-state index < -0.39 is 12.1 Å². The summed E-state index contributed by atoms with van der Waals surface area (Å²) in [4.78, 5) is 13.7. The van der Waals surface area contributed by atoms with Gasteiger partial charge in [-0.25, -0.2) is 4.79 Å². The molecule has 2 aromatic rings. The van der Waals surface area contributed by atoms with Crippen LogP contribution in [0, 0.1) is 5.92 Å². The number of aliphatic carboxylic acids is 1. The van der Waals surface area contributed by atoms with Crippen LogP contribution in [0.3, 0.4) is 0 Å². The van der Waals surface area contributed by atoms with Crippen molar-refractivity contribution in [3.05, 3.63) is 60.2 Å². The maximum atomic E-state index is 11.5. The van der Waals surface area contributed by atoms with Crippen molar-refractivity contribution in [3.63, 3.8) is 0 Å². The van der Waals surface area contributed by atoms with Crippen LogP contribution in [0.5, 0.6) is 0 Å². The maximum absolute atomic E-state index is 11.5. The molecule has 0 spiro atoms. The monoisotopic (exact) mass is 330 g/mol. The van der Waals surface area contributed by atoms with Crippen LogP contribution >= 0.6 is 11.8 Å². The first-order chi connectivity index (χ1) is 11.1. The van der Waals surface area contributed by atoms with Gasteiger partial charge in [-0.2, -0.15) is 0 Å². The Morgan fingerprint density at radius 2 is 1.74 bits per heavy atom. The molecule has 1 unspecified atom stereocenters. The van der Waals surface area contributed by atoms with Crippen molar-refractivity contribution in [3.8, 4) is 0 Å². The van der Waals surface area contributed by atoms with Crippen LogP contribution in [0.2, 0.25) is 0 Å². The van der Waals surface area contributed by atoms with E-state index in [9.17, 15) is 9.90 Å². The van der Waals surface area contributed by atoms with E-state index >= 15 is 0 Å². The first kappa shape index (κ1) is 17.6. The lowest BCUT2D eigenvalue weighted by Gasteiger charge is -2.17. The largest absolute Gasteiger partial charge is 0.479 e. The minimum atomic E-state index is -0.912. The van der Waals surface area contributed by atoms with Gasteiger partial charge in [-0.3, -0.25) is 0 Å². The molecule has 122 valence electrons. The molecule has 1 atom stereocenters. The topological polar surface area (TPSA) is 46.5 Å². The quantitative estimate of drug-likeness (QED) is 0.774. The van der Waals surface area contributed by atoms with Gasteiger partial charge in [-0.15, -0.1) is 0 Å². The molecule has 0 saturated heterocycles. The second kappa shape index (κ2) is 8.75. The van der Waals surface area contributed by atoms with Gasteiger partial charge in [0, 0.05) is 16.2 Å². The Balaban J connectivity index is 2.13. The molecule has 4 heteroatoms. The third kappa shape index (κ3) is 5.73. The van der Waals surface area contributed by atoms with Gasteiger partial charge in [-0.05, 0) is 29.7 Å². The van der Waals surface area contributed by atoms with Crippen molar-refractivity contribution < 1.29 is 14.6 Å². The number of hydrogen-bond donors (Lipinski definition) is 1. The molecule has 0 aliphatic rings. The fraction of sp³-hybridized carbons (Fsp3) is 0.316. The predicted molar refractivity (Wildman–Crippen MR) is 92.9 cm³/mol. The van der Waals surface area contributed by atoms with E-state index in [0.29, 0.717) is 18.9 Å². The summed E-state index contributed by atoms with van der Waals surface area (Å²) in [6.07, 6.45) is -0.437. The average molecular weight is 330 g/mol. The van der Waals surface area contributed by atoms with Gasteiger partial charge in [-0.1, -0.05) is 62.0 Å². The van der Waals surface area contributed by atoms with Gasteiger partial charge >= 0.3 is 5.97 Å². The summed E-state index contributed by atoms with van der Waals surface area (Å²) in [6.45, 7) is 4.47. The molecule has 0 heterocycles. The van der Waals surface area contributed by atoms with Gasteiger partial charge in [0.05, 0.1) is 6.61 Å². The minimum absolute atomic E-state index is 0.311. The summed E-state index contributed by atoms with van der Waals surface area (Å²) >= 11 is 1.64. The van der Waals surface area contributed by atoms with Gasteiger partial charge in [0.1, 0.15) is 0 Å². The van der Waals surface area contributed by atoms with Crippen LogP contribution < -0.4 is 0 Å². The van der Waals surface area contributed by atoms with Crippen LogP contribution in [0.4, 0.5) is 0 Å². The maximum Gasteiger partial charge on any atom is 0.333 e. The number of carboxylic acid groups (broad SMARTS) is 1. The average Bonchev–Trinajstić information content (AvgIpc) is 2.53. The van der Waals surface area contributed by atoms with E-state index in [-0.39, 0.29) is 0 Å². The van der Waals surface area contributed by atoms with Crippen LogP contribution in [0.1, 0.15) is 19.4 Å².